The van der Waals surface area contributed by atoms with E-state index in [0.717, 1.165) is 6.42 Å². The number of rotatable bonds is 5. The monoisotopic (exact) mass is 295 g/mol. The number of benzene rings is 2. The first-order valence-corrected chi connectivity index (χ1v) is 6.93. The van der Waals surface area contributed by atoms with Crippen LogP contribution < -0.4 is 5.32 Å². The molecule has 106 valence electrons. The van der Waals surface area contributed by atoms with Gasteiger partial charge >= 0.3 is 0 Å². The van der Waals surface area contributed by atoms with E-state index >= 15 is 0 Å². The highest BCUT2D eigenvalue weighted by atomic mass is 35.5. The molecule has 0 saturated heterocycles. The molecule has 2 aromatic carbocycles. The molecule has 2 aromatic rings. The van der Waals surface area contributed by atoms with Crippen LogP contribution in [0.5, 0.6) is 0 Å². The van der Waals surface area contributed by atoms with Crippen LogP contribution in [0.25, 0.3) is 0 Å². The average Bonchev–Trinajstić information content (AvgIpc) is 2.43. The lowest BCUT2D eigenvalue weighted by Gasteiger charge is -2.20. The van der Waals surface area contributed by atoms with Gasteiger partial charge in [0.2, 0.25) is 0 Å². The van der Waals surface area contributed by atoms with Gasteiger partial charge in [0, 0.05) is 10.6 Å². The Morgan fingerprint density at radius 2 is 1.95 bits per heavy atom. The molecule has 2 rings (SSSR count). The minimum absolute atomic E-state index is 0.340. The summed E-state index contributed by atoms with van der Waals surface area (Å²) < 4.78 is 27.4. The van der Waals surface area contributed by atoms with E-state index in [9.17, 15) is 8.78 Å². The van der Waals surface area contributed by atoms with Crippen LogP contribution in [-0.4, -0.2) is 6.54 Å². The van der Waals surface area contributed by atoms with Gasteiger partial charge in [-0.15, -0.1) is 0 Å². The average molecular weight is 296 g/mol. The predicted molar refractivity (Wildman–Crippen MR) is 77.9 cm³/mol. The van der Waals surface area contributed by atoms with Crippen LogP contribution in [0, 0.1) is 11.6 Å². The molecule has 0 amide bonds. The minimum atomic E-state index is -0.413. The standard InChI is InChI=1S/C16H16ClF2N/c1-2-8-20-16(11-4-3-5-13(18)9-11)14-10-12(17)6-7-15(14)19/h3-7,9-10,16,20H,2,8H2,1H3. The third kappa shape index (κ3) is 3.56. The molecule has 0 spiro atoms. The molecule has 0 heterocycles. The minimum Gasteiger partial charge on any atom is -0.306 e. The molecule has 1 unspecified atom stereocenters. The summed E-state index contributed by atoms with van der Waals surface area (Å²) in [5.74, 6) is -0.694. The number of nitrogens with one attached hydrogen (secondary N) is 1. The normalized spacial score (nSPS) is 12.4. The Labute approximate surface area is 122 Å². The van der Waals surface area contributed by atoms with Gasteiger partial charge in [0.05, 0.1) is 6.04 Å². The molecular weight excluding hydrogens is 280 g/mol. The smallest absolute Gasteiger partial charge is 0.128 e. The molecule has 1 N–H and O–H groups in total. The third-order valence-electron chi connectivity index (χ3n) is 3.05. The van der Waals surface area contributed by atoms with Crippen molar-refractivity contribution in [2.75, 3.05) is 6.54 Å². The molecule has 0 fully saturated rings. The maximum Gasteiger partial charge on any atom is 0.128 e. The summed E-state index contributed by atoms with van der Waals surface area (Å²) in [6.45, 7) is 2.72. The SMILES string of the molecule is CCCNC(c1cccc(F)c1)c1cc(Cl)ccc1F. The van der Waals surface area contributed by atoms with E-state index < -0.39 is 6.04 Å². The largest absolute Gasteiger partial charge is 0.306 e. The van der Waals surface area contributed by atoms with Crippen molar-refractivity contribution in [1.29, 1.82) is 0 Å². The fraction of sp³-hybridized carbons (Fsp3) is 0.250. The zero-order valence-corrected chi connectivity index (χ0v) is 11.9. The number of hydrogen-bond acceptors (Lipinski definition) is 1. The quantitative estimate of drug-likeness (QED) is 0.842. The van der Waals surface area contributed by atoms with E-state index in [1.165, 1.54) is 24.3 Å². The Balaban J connectivity index is 2.44. The van der Waals surface area contributed by atoms with Gasteiger partial charge < -0.3 is 5.32 Å². The topological polar surface area (TPSA) is 12.0 Å². The van der Waals surface area contributed by atoms with Crippen LogP contribution in [0.4, 0.5) is 8.78 Å². The molecule has 4 heteroatoms. The Hall–Kier alpha value is -1.45. The summed E-state index contributed by atoms with van der Waals surface area (Å²) in [5.41, 5.74) is 1.11. The van der Waals surface area contributed by atoms with E-state index in [1.54, 1.807) is 18.2 Å². The number of hydrogen-bond donors (Lipinski definition) is 1. The Kier molecular flexibility index (Phi) is 5.10. The summed E-state index contributed by atoms with van der Waals surface area (Å²) in [6.07, 6.45) is 0.897. The van der Waals surface area contributed by atoms with E-state index in [4.69, 9.17) is 11.6 Å². The lowest BCUT2D eigenvalue weighted by molar-refractivity contribution is 0.543. The molecule has 0 aliphatic heterocycles. The molecule has 0 aliphatic carbocycles. The first-order valence-electron chi connectivity index (χ1n) is 6.55. The van der Waals surface area contributed by atoms with Crippen LogP contribution in [-0.2, 0) is 0 Å². The van der Waals surface area contributed by atoms with E-state index in [0.29, 0.717) is 22.7 Å². The Morgan fingerprint density at radius 1 is 1.15 bits per heavy atom. The van der Waals surface area contributed by atoms with Gasteiger partial charge in [-0.05, 0) is 48.9 Å². The lowest BCUT2D eigenvalue weighted by atomic mass is 9.98. The summed E-state index contributed by atoms with van der Waals surface area (Å²) in [7, 11) is 0. The highest BCUT2D eigenvalue weighted by Crippen LogP contribution is 2.27. The number of halogens is 3. The summed E-state index contributed by atoms with van der Waals surface area (Å²) in [5, 5.41) is 3.69. The van der Waals surface area contributed by atoms with E-state index in [2.05, 4.69) is 5.32 Å². The zero-order valence-electron chi connectivity index (χ0n) is 11.2. The van der Waals surface area contributed by atoms with Crippen molar-refractivity contribution in [3.05, 3.63) is 70.2 Å². The van der Waals surface area contributed by atoms with Crippen molar-refractivity contribution in [2.45, 2.75) is 19.4 Å². The molecule has 0 aromatic heterocycles. The second-order valence-electron chi connectivity index (χ2n) is 4.61. The predicted octanol–water partition coefficient (Wildman–Crippen LogP) is 4.71. The third-order valence-corrected chi connectivity index (χ3v) is 3.28. The van der Waals surface area contributed by atoms with Crippen LogP contribution >= 0.6 is 11.6 Å². The van der Waals surface area contributed by atoms with Gasteiger partial charge in [-0.2, -0.15) is 0 Å². The summed E-state index contributed by atoms with van der Waals surface area (Å²) in [6, 6.07) is 10.2. The van der Waals surface area contributed by atoms with Gasteiger partial charge in [-0.3, -0.25) is 0 Å². The van der Waals surface area contributed by atoms with Crippen LogP contribution in [0.1, 0.15) is 30.5 Å². The maximum atomic E-state index is 14.0. The fourth-order valence-electron chi connectivity index (χ4n) is 2.12. The second-order valence-corrected chi connectivity index (χ2v) is 5.04. The van der Waals surface area contributed by atoms with Gasteiger partial charge in [-0.1, -0.05) is 30.7 Å². The fourth-order valence-corrected chi connectivity index (χ4v) is 2.30. The molecule has 0 aliphatic rings. The van der Waals surface area contributed by atoms with Crippen molar-refractivity contribution in [1.82, 2.24) is 5.32 Å². The molecule has 0 radical (unpaired) electrons. The molecule has 0 bridgehead atoms. The second kappa shape index (κ2) is 6.82. The van der Waals surface area contributed by atoms with Crippen molar-refractivity contribution in [2.24, 2.45) is 0 Å². The highest BCUT2D eigenvalue weighted by Gasteiger charge is 2.18. The first-order chi connectivity index (χ1) is 9.61. The molecule has 0 saturated carbocycles. The highest BCUT2D eigenvalue weighted by molar-refractivity contribution is 6.30. The van der Waals surface area contributed by atoms with Crippen molar-refractivity contribution in [3.63, 3.8) is 0 Å². The zero-order chi connectivity index (χ0) is 14.5. The molecule has 1 nitrogen and oxygen atoms in total. The van der Waals surface area contributed by atoms with Gasteiger partial charge in [0.15, 0.2) is 0 Å². The molecule has 1 atom stereocenters. The molecule has 20 heavy (non-hydrogen) atoms. The van der Waals surface area contributed by atoms with Gasteiger partial charge in [-0.25, -0.2) is 8.78 Å². The van der Waals surface area contributed by atoms with Crippen molar-refractivity contribution in [3.8, 4) is 0 Å². The van der Waals surface area contributed by atoms with Crippen LogP contribution in [0.15, 0.2) is 42.5 Å². The Morgan fingerprint density at radius 3 is 2.65 bits per heavy atom. The van der Waals surface area contributed by atoms with Crippen molar-refractivity contribution >= 4 is 11.6 Å². The maximum absolute atomic E-state index is 14.0. The lowest BCUT2D eigenvalue weighted by Crippen LogP contribution is -2.24. The van der Waals surface area contributed by atoms with Crippen molar-refractivity contribution < 1.29 is 8.78 Å². The van der Waals surface area contributed by atoms with E-state index in [1.807, 2.05) is 6.92 Å². The first kappa shape index (κ1) is 14.9. The van der Waals surface area contributed by atoms with Crippen LogP contribution in [0.2, 0.25) is 5.02 Å². The van der Waals surface area contributed by atoms with Crippen LogP contribution in [0.3, 0.4) is 0 Å². The summed E-state index contributed by atoms with van der Waals surface area (Å²) >= 11 is 5.95. The van der Waals surface area contributed by atoms with Gasteiger partial charge in [0.25, 0.3) is 0 Å². The Bertz CT molecular complexity index is 586. The molecular formula is C16H16ClF2N. The van der Waals surface area contributed by atoms with Gasteiger partial charge in [0.1, 0.15) is 11.6 Å². The van der Waals surface area contributed by atoms with E-state index in [-0.39, 0.29) is 11.6 Å². The summed E-state index contributed by atoms with van der Waals surface area (Å²) in [4.78, 5) is 0.